The Morgan fingerprint density at radius 3 is 2.73 bits per heavy atom. The molecule has 1 N–H and O–H groups in total. The smallest absolute Gasteiger partial charge is 0.408 e. The molecule has 1 amide bonds. The number of nitrogens with one attached hydrogen (secondary N) is 1. The van der Waals surface area contributed by atoms with Gasteiger partial charge >= 0.3 is 6.09 Å². The Kier molecular flexibility index (Phi) is 1.99. The van der Waals surface area contributed by atoms with Crippen molar-refractivity contribution in [2.24, 2.45) is 0 Å². The van der Waals surface area contributed by atoms with Crippen LogP contribution in [0.15, 0.2) is 7.57 Å². The fourth-order valence-electron chi connectivity index (χ4n) is 1.89. The molecule has 1 fully saturated rings. The van der Waals surface area contributed by atoms with Gasteiger partial charge in [0.15, 0.2) is 6.10 Å². The molecular formula is C8H3Br2NO3S. The number of alkyl carbamates (subject to hydrolysis) is 1. The molecule has 1 aromatic rings. The second-order valence-electron chi connectivity index (χ2n) is 3.25. The molecule has 1 saturated heterocycles. The maximum absolute atomic E-state index is 11.9. The monoisotopic (exact) mass is 351 g/mol. The van der Waals surface area contributed by atoms with Crippen molar-refractivity contribution in [2.75, 3.05) is 0 Å². The van der Waals surface area contributed by atoms with Crippen molar-refractivity contribution < 1.29 is 14.3 Å². The molecular weight excluding hydrogens is 350 g/mol. The zero-order valence-corrected chi connectivity index (χ0v) is 11.0. The third-order valence-corrected chi connectivity index (χ3v) is 5.06. The summed E-state index contributed by atoms with van der Waals surface area (Å²) in [5.74, 6) is -0.137. The molecule has 0 radical (unpaired) electrons. The van der Waals surface area contributed by atoms with Gasteiger partial charge in [-0.1, -0.05) is 0 Å². The first-order valence-corrected chi connectivity index (χ1v) is 6.49. The number of ketones is 1. The van der Waals surface area contributed by atoms with Gasteiger partial charge in [-0.15, -0.1) is 11.3 Å². The predicted octanol–water partition coefficient (Wildman–Crippen LogP) is 2.62. The predicted molar refractivity (Wildman–Crippen MR) is 60.2 cm³/mol. The van der Waals surface area contributed by atoms with Crippen molar-refractivity contribution in [1.82, 2.24) is 5.32 Å². The Morgan fingerprint density at radius 2 is 2.00 bits per heavy atom. The standard InChI is InChI=1S/C8H3Br2NO3S/c9-6-1-2(7(10)15-6)4(12)5-3(1)11-8(13)14-5/h3,5H,(H,11,13)/t3-,5-/m1/s1. The molecule has 2 heterocycles. The zero-order valence-electron chi connectivity index (χ0n) is 7.04. The number of carbonyl (C=O) groups is 2. The molecule has 4 nitrogen and oxygen atoms in total. The quantitative estimate of drug-likeness (QED) is 0.780. The SMILES string of the molecule is O=C1N[C@@H]2c3c(Br)sc(Br)c3C(=O)[C@@H]2O1. The van der Waals surface area contributed by atoms with E-state index in [9.17, 15) is 9.59 Å². The molecule has 1 aliphatic heterocycles. The summed E-state index contributed by atoms with van der Waals surface area (Å²) in [5, 5.41) is 2.63. The van der Waals surface area contributed by atoms with E-state index in [-0.39, 0.29) is 11.8 Å². The summed E-state index contributed by atoms with van der Waals surface area (Å²) in [4.78, 5) is 22.9. The van der Waals surface area contributed by atoms with Crippen molar-refractivity contribution in [1.29, 1.82) is 0 Å². The molecule has 78 valence electrons. The molecule has 0 unspecified atom stereocenters. The highest BCUT2D eigenvalue weighted by molar-refractivity contribution is 9.12. The van der Waals surface area contributed by atoms with E-state index in [1.807, 2.05) is 0 Å². The van der Waals surface area contributed by atoms with Gasteiger partial charge in [0.25, 0.3) is 0 Å². The van der Waals surface area contributed by atoms with E-state index in [2.05, 4.69) is 37.2 Å². The molecule has 15 heavy (non-hydrogen) atoms. The number of amides is 1. The van der Waals surface area contributed by atoms with Crippen LogP contribution in [0.5, 0.6) is 0 Å². The van der Waals surface area contributed by atoms with E-state index in [1.165, 1.54) is 11.3 Å². The third kappa shape index (κ3) is 1.17. The molecule has 0 saturated carbocycles. The van der Waals surface area contributed by atoms with Gasteiger partial charge in [0.1, 0.15) is 6.04 Å². The van der Waals surface area contributed by atoms with Crippen LogP contribution >= 0.6 is 43.2 Å². The highest BCUT2D eigenvalue weighted by Gasteiger charge is 2.51. The number of rotatable bonds is 0. The number of halogens is 2. The number of fused-ring (bicyclic) bond motifs is 3. The summed E-state index contributed by atoms with van der Waals surface area (Å²) in [6.45, 7) is 0. The van der Waals surface area contributed by atoms with Gasteiger partial charge in [0.2, 0.25) is 5.78 Å². The average Bonchev–Trinajstić information content (AvgIpc) is 2.71. The first-order valence-electron chi connectivity index (χ1n) is 4.08. The number of carbonyl (C=O) groups excluding carboxylic acids is 2. The van der Waals surface area contributed by atoms with Crippen LogP contribution in [-0.4, -0.2) is 18.0 Å². The van der Waals surface area contributed by atoms with Gasteiger partial charge < -0.3 is 10.1 Å². The number of ether oxygens (including phenoxy) is 1. The van der Waals surface area contributed by atoms with Gasteiger partial charge in [0.05, 0.1) is 13.1 Å². The minimum atomic E-state index is -0.691. The molecule has 0 bridgehead atoms. The average molecular weight is 353 g/mol. The Hall–Kier alpha value is -0.400. The van der Waals surface area contributed by atoms with Crippen LogP contribution < -0.4 is 5.32 Å². The number of hydrogen-bond donors (Lipinski definition) is 1. The summed E-state index contributed by atoms with van der Waals surface area (Å²) >= 11 is 8.14. The van der Waals surface area contributed by atoms with Crippen LogP contribution in [0, 0.1) is 0 Å². The summed E-state index contributed by atoms with van der Waals surface area (Å²) in [5.41, 5.74) is 1.45. The molecule has 1 aromatic heterocycles. The second-order valence-corrected chi connectivity index (χ2v) is 6.91. The Morgan fingerprint density at radius 1 is 1.27 bits per heavy atom. The highest BCUT2D eigenvalue weighted by atomic mass is 79.9. The Balaban J connectivity index is 2.21. The van der Waals surface area contributed by atoms with Crippen LogP contribution in [0.2, 0.25) is 0 Å². The minimum Gasteiger partial charge on any atom is -0.435 e. The molecule has 0 spiro atoms. The number of Topliss-reactive ketones (excluding diaryl/α,β-unsaturated/α-hetero) is 1. The van der Waals surface area contributed by atoms with Crippen molar-refractivity contribution in [2.45, 2.75) is 12.1 Å². The summed E-state index contributed by atoms with van der Waals surface area (Å²) in [6, 6.07) is -0.336. The fourth-order valence-corrected chi connectivity index (χ4v) is 5.17. The van der Waals surface area contributed by atoms with Crippen LogP contribution in [0.1, 0.15) is 22.0 Å². The van der Waals surface area contributed by atoms with Gasteiger partial charge in [-0.2, -0.15) is 0 Å². The van der Waals surface area contributed by atoms with E-state index >= 15 is 0 Å². The molecule has 3 rings (SSSR count). The molecule has 7 heteroatoms. The second kappa shape index (κ2) is 3.05. The number of thiophene rings is 1. The van der Waals surface area contributed by atoms with E-state index in [0.29, 0.717) is 5.56 Å². The fraction of sp³-hybridized carbons (Fsp3) is 0.250. The van der Waals surface area contributed by atoms with Crippen molar-refractivity contribution in [3.63, 3.8) is 0 Å². The van der Waals surface area contributed by atoms with Crippen LogP contribution in [0.3, 0.4) is 0 Å². The van der Waals surface area contributed by atoms with Crippen molar-refractivity contribution in [3.05, 3.63) is 18.7 Å². The Bertz CT molecular complexity index is 498. The first-order chi connectivity index (χ1) is 7.09. The van der Waals surface area contributed by atoms with Crippen LogP contribution in [-0.2, 0) is 4.74 Å². The van der Waals surface area contributed by atoms with Gasteiger partial charge in [-0.25, -0.2) is 4.79 Å². The zero-order chi connectivity index (χ0) is 10.7. The lowest BCUT2D eigenvalue weighted by molar-refractivity contribution is 0.0752. The van der Waals surface area contributed by atoms with Crippen LogP contribution in [0.4, 0.5) is 4.79 Å². The largest absolute Gasteiger partial charge is 0.435 e. The molecule has 1 aliphatic carbocycles. The maximum atomic E-state index is 11.9. The van der Waals surface area contributed by atoms with Gasteiger partial charge in [-0.3, -0.25) is 4.79 Å². The summed E-state index contributed by atoms with van der Waals surface area (Å²) in [7, 11) is 0. The van der Waals surface area contributed by atoms with E-state index in [4.69, 9.17) is 4.74 Å². The van der Waals surface area contributed by atoms with Gasteiger partial charge in [-0.05, 0) is 31.9 Å². The lowest BCUT2D eigenvalue weighted by atomic mass is 10.2. The summed E-state index contributed by atoms with van der Waals surface area (Å²) in [6.07, 6.45) is -1.22. The van der Waals surface area contributed by atoms with E-state index < -0.39 is 12.2 Å². The van der Waals surface area contributed by atoms with Crippen molar-refractivity contribution in [3.8, 4) is 0 Å². The topological polar surface area (TPSA) is 55.4 Å². The lowest BCUT2D eigenvalue weighted by Gasteiger charge is -2.04. The van der Waals surface area contributed by atoms with Crippen LogP contribution in [0.25, 0.3) is 0 Å². The third-order valence-electron chi connectivity index (χ3n) is 2.48. The van der Waals surface area contributed by atoms with Gasteiger partial charge in [0, 0.05) is 5.56 Å². The van der Waals surface area contributed by atoms with Crippen molar-refractivity contribution >= 4 is 55.1 Å². The minimum absolute atomic E-state index is 0.137. The molecule has 0 aromatic carbocycles. The number of hydrogen-bond acceptors (Lipinski definition) is 4. The highest BCUT2D eigenvalue weighted by Crippen LogP contribution is 2.48. The molecule has 2 aliphatic rings. The normalized spacial score (nSPS) is 27.3. The lowest BCUT2D eigenvalue weighted by Crippen LogP contribution is -2.21. The van der Waals surface area contributed by atoms with E-state index in [1.54, 1.807) is 0 Å². The molecule has 2 atom stereocenters. The Labute approximate surface area is 105 Å². The first kappa shape index (κ1) is 9.80. The maximum Gasteiger partial charge on any atom is 0.408 e. The van der Waals surface area contributed by atoms with E-state index in [0.717, 1.165) is 13.1 Å². The summed E-state index contributed by atoms with van der Waals surface area (Å²) < 4.78 is 6.55.